The maximum Gasteiger partial charge on any atom is 0.250 e. The molecular weight excluding hydrogens is 425 g/mol. The SMILES string of the molecule is COc1ccc(OC)c(S(=O)(=O)N2CCCC(c3nnc(-c4ccccc4F)o3)C2)c1. The Morgan fingerprint density at radius 1 is 1.13 bits per heavy atom. The molecule has 1 unspecified atom stereocenters. The Labute approximate surface area is 179 Å². The zero-order chi connectivity index (χ0) is 22.0. The second-order valence-electron chi connectivity index (χ2n) is 7.14. The molecular formula is C21H22FN3O5S. The van der Waals surface area contributed by atoms with Gasteiger partial charge < -0.3 is 13.9 Å². The number of benzene rings is 2. The molecule has 0 amide bonds. The van der Waals surface area contributed by atoms with E-state index in [2.05, 4.69) is 10.2 Å². The highest BCUT2D eigenvalue weighted by atomic mass is 32.2. The van der Waals surface area contributed by atoms with Crippen LogP contribution in [-0.4, -0.2) is 50.2 Å². The summed E-state index contributed by atoms with van der Waals surface area (Å²) in [4.78, 5) is 0.0348. The van der Waals surface area contributed by atoms with Crippen molar-refractivity contribution in [3.63, 3.8) is 0 Å². The smallest absolute Gasteiger partial charge is 0.250 e. The molecule has 2 heterocycles. The average Bonchev–Trinajstić information content (AvgIpc) is 3.29. The largest absolute Gasteiger partial charge is 0.497 e. The standard InChI is InChI=1S/C21H22FN3O5S/c1-28-15-9-10-18(29-2)19(12-15)31(26,27)25-11-5-6-14(13-25)20-23-24-21(30-20)16-7-3-4-8-17(16)22/h3-4,7-10,12,14H,5-6,11,13H2,1-2H3. The van der Waals surface area contributed by atoms with Gasteiger partial charge in [-0.05, 0) is 37.1 Å². The lowest BCUT2D eigenvalue weighted by atomic mass is 10.00. The maximum absolute atomic E-state index is 14.0. The van der Waals surface area contributed by atoms with Gasteiger partial charge in [0, 0.05) is 19.2 Å². The monoisotopic (exact) mass is 447 g/mol. The molecule has 164 valence electrons. The Morgan fingerprint density at radius 2 is 1.94 bits per heavy atom. The summed E-state index contributed by atoms with van der Waals surface area (Å²) >= 11 is 0. The van der Waals surface area contributed by atoms with Gasteiger partial charge in [-0.25, -0.2) is 12.8 Å². The number of halogens is 1. The zero-order valence-electron chi connectivity index (χ0n) is 17.1. The lowest BCUT2D eigenvalue weighted by Crippen LogP contribution is -2.39. The molecule has 31 heavy (non-hydrogen) atoms. The normalized spacial score (nSPS) is 17.5. The van der Waals surface area contributed by atoms with Gasteiger partial charge in [0.15, 0.2) is 0 Å². The molecule has 1 atom stereocenters. The van der Waals surface area contributed by atoms with Crippen LogP contribution in [0.15, 0.2) is 51.8 Å². The summed E-state index contributed by atoms with van der Waals surface area (Å²) in [5.41, 5.74) is 0.211. The van der Waals surface area contributed by atoms with E-state index in [4.69, 9.17) is 13.9 Å². The van der Waals surface area contributed by atoms with Gasteiger partial charge in [-0.15, -0.1) is 10.2 Å². The first-order valence-corrected chi connectivity index (χ1v) is 11.2. The van der Waals surface area contributed by atoms with E-state index in [1.165, 1.54) is 30.7 Å². The molecule has 0 spiro atoms. The molecule has 0 aliphatic carbocycles. The van der Waals surface area contributed by atoms with E-state index >= 15 is 0 Å². The number of ether oxygens (including phenoxy) is 2. The first-order valence-electron chi connectivity index (χ1n) is 9.74. The van der Waals surface area contributed by atoms with E-state index in [1.54, 1.807) is 30.3 Å². The Hall–Kier alpha value is -2.98. The summed E-state index contributed by atoms with van der Waals surface area (Å²) in [6.45, 7) is 0.523. The van der Waals surface area contributed by atoms with Crippen molar-refractivity contribution in [2.45, 2.75) is 23.7 Å². The van der Waals surface area contributed by atoms with Crippen LogP contribution in [-0.2, 0) is 10.0 Å². The minimum absolute atomic E-state index is 0.0348. The molecule has 1 saturated heterocycles. The van der Waals surface area contributed by atoms with E-state index in [9.17, 15) is 12.8 Å². The van der Waals surface area contributed by atoms with E-state index in [1.807, 2.05) is 0 Å². The number of hydrogen-bond donors (Lipinski definition) is 0. The summed E-state index contributed by atoms with van der Waals surface area (Å²) in [5.74, 6) is 0.254. The minimum Gasteiger partial charge on any atom is -0.497 e. The van der Waals surface area contributed by atoms with Gasteiger partial charge in [-0.2, -0.15) is 4.31 Å². The summed E-state index contributed by atoms with van der Waals surface area (Å²) < 4.78 is 58.3. The maximum atomic E-state index is 14.0. The van der Waals surface area contributed by atoms with Crippen LogP contribution in [0.5, 0.6) is 11.5 Å². The second-order valence-corrected chi connectivity index (χ2v) is 9.05. The Bertz CT molecular complexity index is 1180. The van der Waals surface area contributed by atoms with Gasteiger partial charge in [0.1, 0.15) is 22.2 Å². The predicted molar refractivity (Wildman–Crippen MR) is 110 cm³/mol. The molecule has 3 aromatic rings. The Kier molecular flexibility index (Phi) is 5.92. The fourth-order valence-electron chi connectivity index (χ4n) is 3.63. The van der Waals surface area contributed by atoms with Crippen molar-refractivity contribution in [2.75, 3.05) is 27.3 Å². The second kappa shape index (κ2) is 8.64. The summed E-state index contributed by atoms with van der Waals surface area (Å²) in [5, 5.41) is 8.01. The molecule has 8 nitrogen and oxygen atoms in total. The Balaban J connectivity index is 1.60. The molecule has 1 aliphatic heterocycles. The van der Waals surface area contributed by atoms with Crippen LogP contribution < -0.4 is 9.47 Å². The molecule has 0 bridgehead atoms. The van der Waals surface area contributed by atoms with E-state index in [0.717, 1.165) is 0 Å². The molecule has 2 aromatic carbocycles. The first-order chi connectivity index (χ1) is 14.9. The average molecular weight is 447 g/mol. The molecule has 1 aliphatic rings. The number of sulfonamides is 1. The van der Waals surface area contributed by atoms with Crippen molar-refractivity contribution in [3.05, 3.63) is 54.2 Å². The predicted octanol–water partition coefficient (Wildman–Crippen LogP) is 3.46. The zero-order valence-corrected chi connectivity index (χ0v) is 17.9. The molecule has 1 fully saturated rings. The third-order valence-corrected chi connectivity index (χ3v) is 7.15. The van der Waals surface area contributed by atoms with Gasteiger partial charge in [-0.3, -0.25) is 0 Å². The van der Waals surface area contributed by atoms with Crippen LogP contribution in [0.4, 0.5) is 4.39 Å². The van der Waals surface area contributed by atoms with Gasteiger partial charge in [0.05, 0.1) is 25.7 Å². The number of methoxy groups -OCH3 is 2. The highest BCUT2D eigenvalue weighted by Crippen LogP contribution is 2.35. The van der Waals surface area contributed by atoms with Gasteiger partial charge in [-0.1, -0.05) is 12.1 Å². The van der Waals surface area contributed by atoms with E-state index in [0.29, 0.717) is 25.1 Å². The van der Waals surface area contributed by atoms with Crippen molar-refractivity contribution in [1.29, 1.82) is 0 Å². The minimum atomic E-state index is -3.85. The number of nitrogens with zero attached hydrogens (tertiary/aromatic N) is 3. The number of aromatic nitrogens is 2. The third kappa shape index (κ3) is 4.13. The van der Waals surface area contributed by atoms with E-state index in [-0.39, 0.29) is 40.5 Å². The van der Waals surface area contributed by atoms with Gasteiger partial charge >= 0.3 is 0 Å². The number of rotatable bonds is 6. The van der Waals surface area contributed by atoms with Crippen molar-refractivity contribution in [3.8, 4) is 23.0 Å². The molecule has 10 heteroatoms. The van der Waals surface area contributed by atoms with E-state index < -0.39 is 15.8 Å². The van der Waals surface area contributed by atoms with Crippen molar-refractivity contribution < 1.29 is 26.7 Å². The number of hydrogen-bond acceptors (Lipinski definition) is 7. The molecule has 4 rings (SSSR count). The Morgan fingerprint density at radius 3 is 2.68 bits per heavy atom. The summed E-state index contributed by atoms with van der Waals surface area (Å²) in [6.07, 6.45) is 1.30. The fraction of sp³-hybridized carbons (Fsp3) is 0.333. The van der Waals surface area contributed by atoms with Gasteiger partial charge in [0.2, 0.25) is 15.9 Å². The highest BCUT2D eigenvalue weighted by Gasteiger charge is 2.35. The van der Waals surface area contributed by atoms with Crippen LogP contribution >= 0.6 is 0 Å². The molecule has 0 N–H and O–H groups in total. The van der Waals surface area contributed by atoms with Crippen molar-refractivity contribution in [2.24, 2.45) is 0 Å². The van der Waals surface area contributed by atoms with Crippen molar-refractivity contribution >= 4 is 10.0 Å². The number of piperidine rings is 1. The lowest BCUT2D eigenvalue weighted by Gasteiger charge is -2.30. The van der Waals surface area contributed by atoms with Crippen LogP contribution in [0.2, 0.25) is 0 Å². The first kappa shape index (κ1) is 21.3. The molecule has 0 saturated carbocycles. The highest BCUT2D eigenvalue weighted by molar-refractivity contribution is 7.89. The fourth-order valence-corrected chi connectivity index (χ4v) is 5.32. The van der Waals surface area contributed by atoms with Crippen molar-refractivity contribution in [1.82, 2.24) is 14.5 Å². The van der Waals surface area contributed by atoms with Crippen LogP contribution in [0.1, 0.15) is 24.7 Å². The van der Waals surface area contributed by atoms with Crippen LogP contribution in [0.25, 0.3) is 11.5 Å². The van der Waals surface area contributed by atoms with Crippen LogP contribution in [0.3, 0.4) is 0 Å². The van der Waals surface area contributed by atoms with Gasteiger partial charge in [0.25, 0.3) is 5.89 Å². The molecule has 0 radical (unpaired) electrons. The quantitative estimate of drug-likeness (QED) is 0.571. The third-order valence-electron chi connectivity index (χ3n) is 5.27. The van der Waals surface area contributed by atoms with Crippen LogP contribution in [0, 0.1) is 5.82 Å². The summed E-state index contributed by atoms with van der Waals surface area (Å²) in [6, 6.07) is 10.8. The lowest BCUT2D eigenvalue weighted by molar-refractivity contribution is 0.285. The molecule has 1 aromatic heterocycles. The topological polar surface area (TPSA) is 94.8 Å². The summed E-state index contributed by atoms with van der Waals surface area (Å²) in [7, 11) is -0.963.